The van der Waals surface area contributed by atoms with Gasteiger partial charge in [-0.05, 0) is 24.3 Å². The third-order valence-electron chi connectivity index (χ3n) is 3.01. The summed E-state index contributed by atoms with van der Waals surface area (Å²) in [5.41, 5.74) is 1.18. The molecule has 0 radical (unpaired) electrons. The Kier molecular flexibility index (Phi) is 4.75. The second-order valence-electron chi connectivity index (χ2n) is 4.34. The molecule has 5 heteroatoms. The number of methoxy groups -OCH3 is 1. The van der Waals surface area contributed by atoms with Crippen molar-refractivity contribution in [3.8, 4) is 17.6 Å². The topological polar surface area (TPSA) is 62.5 Å². The molecule has 0 saturated carbocycles. The van der Waals surface area contributed by atoms with Crippen molar-refractivity contribution in [2.75, 3.05) is 7.11 Å². The lowest BCUT2D eigenvalue weighted by Crippen LogP contribution is -2.01. The number of aliphatic hydroxyl groups is 1. The standard InChI is InChI=1S/C16H14FNO3/c1-20-14-5-4-12(9-19)16(7-14)21-10-13-3-2-11(8-18)6-15(13)17/h2-7,19H,9-10H2,1H3. The van der Waals surface area contributed by atoms with E-state index in [1.54, 1.807) is 18.2 Å². The lowest BCUT2D eigenvalue weighted by molar-refractivity contribution is 0.256. The van der Waals surface area contributed by atoms with Crippen molar-refractivity contribution >= 4 is 0 Å². The maximum Gasteiger partial charge on any atom is 0.131 e. The monoisotopic (exact) mass is 287 g/mol. The molecule has 0 spiro atoms. The van der Waals surface area contributed by atoms with E-state index >= 15 is 0 Å². The van der Waals surface area contributed by atoms with Crippen molar-refractivity contribution in [2.24, 2.45) is 0 Å². The average molecular weight is 287 g/mol. The van der Waals surface area contributed by atoms with Crippen molar-refractivity contribution in [3.05, 3.63) is 58.9 Å². The van der Waals surface area contributed by atoms with Crippen LogP contribution in [0, 0.1) is 17.1 Å². The first kappa shape index (κ1) is 14.8. The highest BCUT2D eigenvalue weighted by Crippen LogP contribution is 2.26. The second-order valence-corrected chi connectivity index (χ2v) is 4.34. The third-order valence-corrected chi connectivity index (χ3v) is 3.01. The Morgan fingerprint density at radius 1 is 1.19 bits per heavy atom. The lowest BCUT2D eigenvalue weighted by Gasteiger charge is -2.12. The van der Waals surface area contributed by atoms with Crippen LogP contribution in [0.1, 0.15) is 16.7 Å². The largest absolute Gasteiger partial charge is 0.497 e. The van der Waals surface area contributed by atoms with Crippen molar-refractivity contribution < 1.29 is 19.0 Å². The van der Waals surface area contributed by atoms with Gasteiger partial charge in [0.05, 0.1) is 25.3 Å². The summed E-state index contributed by atoms with van der Waals surface area (Å²) in [7, 11) is 1.53. The summed E-state index contributed by atoms with van der Waals surface area (Å²) in [4.78, 5) is 0. The minimum absolute atomic E-state index is 0.00227. The van der Waals surface area contributed by atoms with Gasteiger partial charge in [-0.25, -0.2) is 4.39 Å². The zero-order valence-corrected chi connectivity index (χ0v) is 11.5. The second kappa shape index (κ2) is 6.73. The molecule has 0 atom stereocenters. The van der Waals surface area contributed by atoms with Gasteiger partial charge in [0.15, 0.2) is 0 Å². The molecule has 0 fully saturated rings. The number of hydrogen-bond acceptors (Lipinski definition) is 4. The number of nitriles is 1. The van der Waals surface area contributed by atoms with Gasteiger partial charge < -0.3 is 14.6 Å². The summed E-state index contributed by atoms with van der Waals surface area (Å²) < 4.78 is 24.4. The van der Waals surface area contributed by atoms with Crippen molar-refractivity contribution in [2.45, 2.75) is 13.2 Å². The number of nitrogens with zero attached hydrogens (tertiary/aromatic N) is 1. The fourth-order valence-corrected chi connectivity index (χ4v) is 1.82. The molecule has 0 amide bonds. The van der Waals surface area contributed by atoms with E-state index < -0.39 is 5.82 Å². The molecule has 0 aliphatic rings. The highest BCUT2D eigenvalue weighted by atomic mass is 19.1. The molecule has 1 N–H and O–H groups in total. The minimum atomic E-state index is -0.498. The fraction of sp³-hybridized carbons (Fsp3) is 0.188. The molecule has 0 heterocycles. The Balaban J connectivity index is 2.18. The Hall–Kier alpha value is -2.58. The van der Waals surface area contributed by atoms with Crippen LogP contribution in [0.5, 0.6) is 11.5 Å². The number of hydrogen-bond donors (Lipinski definition) is 1. The number of aliphatic hydroxyl groups excluding tert-OH is 1. The summed E-state index contributed by atoms with van der Waals surface area (Å²) in [6, 6.07) is 11.1. The minimum Gasteiger partial charge on any atom is -0.497 e. The SMILES string of the molecule is COc1ccc(CO)c(OCc2ccc(C#N)cc2F)c1. The number of ether oxygens (including phenoxy) is 2. The third kappa shape index (κ3) is 3.50. The molecule has 0 bridgehead atoms. The molecule has 2 aromatic carbocycles. The Morgan fingerprint density at radius 2 is 1.95 bits per heavy atom. The number of benzene rings is 2. The zero-order chi connectivity index (χ0) is 15.2. The number of halogens is 1. The van der Waals surface area contributed by atoms with Gasteiger partial charge in [0.25, 0.3) is 0 Å². The molecule has 21 heavy (non-hydrogen) atoms. The Labute approximate surface area is 122 Å². The predicted molar refractivity (Wildman–Crippen MR) is 74.4 cm³/mol. The van der Waals surface area contributed by atoms with E-state index in [2.05, 4.69) is 0 Å². The summed E-state index contributed by atoms with van der Waals surface area (Å²) in [6.07, 6.45) is 0. The molecule has 0 aliphatic heterocycles. The van der Waals surface area contributed by atoms with Crippen LogP contribution in [0.2, 0.25) is 0 Å². The first-order valence-electron chi connectivity index (χ1n) is 6.27. The van der Waals surface area contributed by atoms with Crippen LogP contribution in [0.3, 0.4) is 0 Å². The van der Waals surface area contributed by atoms with Gasteiger partial charge >= 0.3 is 0 Å². The predicted octanol–water partition coefficient (Wildman–Crippen LogP) is 2.78. The van der Waals surface area contributed by atoms with Gasteiger partial charge in [-0.2, -0.15) is 5.26 Å². The normalized spacial score (nSPS) is 10.0. The smallest absolute Gasteiger partial charge is 0.131 e. The van der Waals surface area contributed by atoms with Crippen LogP contribution < -0.4 is 9.47 Å². The van der Waals surface area contributed by atoms with Crippen LogP contribution >= 0.6 is 0 Å². The van der Waals surface area contributed by atoms with Crippen LogP contribution in [-0.2, 0) is 13.2 Å². The molecule has 0 aromatic heterocycles. The highest BCUT2D eigenvalue weighted by Gasteiger charge is 2.08. The molecule has 2 aromatic rings. The van der Waals surface area contributed by atoms with Gasteiger partial charge in [-0.1, -0.05) is 6.07 Å². The highest BCUT2D eigenvalue weighted by molar-refractivity contribution is 5.40. The quantitative estimate of drug-likeness (QED) is 0.918. The van der Waals surface area contributed by atoms with E-state index in [1.165, 1.54) is 19.2 Å². The molecule has 0 unspecified atom stereocenters. The van der Waals surface area contributed by atoms with Gasteiger partial charge in [-0.15, -0.1) is 0 Å². The van der Waals surface area contributed by atoms with Gasteiger partial charge in [-0.3, -0.25) is 0 Å². The van der Waals surface area contributed by atoms with Crippen LogP contribution in [-0.4, -0.2) is 12.2 Å². The molecular formula is C16H14FNO3. The van der Waals surface area contributed by atoms with E-state index in [0.717, 1.165) is 6.07 Å². The molecule has 4 nitrogen and oxygen atoms in total. The van der Waals surface area contributed by atoms with Gasteiger partial charge in [0, 0.05) is 17.2 Å². The van der Waals surface area contributed by atoms with Gasteiger partial charge in [0.2, 0.25) is 0 Å². The van der Waals surface area contributed by atoms with Crippen molar-refractivity contribution in [1.29, 1.82) is 5.26 Å². The van der Waals surface area contributed by atoms with Crippen molar-refractivity contribution in [3.63, 3.8) is 0 Å². The van der Waals surface area contributed by atoms with Crippen LogP contribution in [0.4, 0.5) is 4.39 Å². The molecule has 0 saturated heterocycles. The molecule has 0 aliphatic carbocycles. The Morgan fingerprint density at radius 3 is 2.57 bits per heavy atom. The average Bonchev–Trinajstić information content (AvgIpc) is 2.53. The maximum absolute atomic E-state index is 13.8. The van der Waals surface area contributed by atoms with E-state index in [1.807, 2.05) is 6.07 Å². The van der Waals surface area contributed by atoms with Crippen molar-refractivity contribution in [1.82, 2.24) is 0 Å². The van der Waals surface area contributed by atoms with Gasteiger partial charge in [0.1, 0.15) is 23.9 Å². The molecule has 108 valence electrons. The van der Waals surface area contributed by atoms with E-state index in [0.29, 0.717) is 22.6 Å². The summed E-state index contributed by atoms with van der Waals surface area (Å²) in [5.74, 6) is 0.519. The molecule has 2 rings (SSSR count). The Bertz CT molecular complexity index is 680. The van der Waals surface area contributed by atoms with E-state index in [4.69, 9.17) is 14.7 Å². The number of rotatable bonds is 5. The van der Waals surface area contributed by atoms with Crippen LogP contribution in [0.15, 0.2) is 36.4 Å². The summed E-state index contributed by atoms with van der Waals surface area (Å²) in [5, 5.41) is 18.0. The first-order chi connectivity index (χ1) is 10.2. The van der Waals surface area contributed by atoms with E-state index in [-0.39, 0.29) is 18.8 Å². The fourth-order valence-electron chi connectivity index (χ4n) is 1.82. The first-order valence-corrected chi connectivity index (χ1v) is 6.27. The lowest BCUT2D eigenvalue weighted by atomic mass is 10.1. The molecular weight excluding hydrogens is 273 g/mol. The van der Waals surface area contributed by atoms with E-state index in [9.17, 15) is 9.50 Å². The van der Waals surface area contributed by atoms with Crippen LogP contribution in [0.25, 0.3) is 0 Å². The summed E-state index contributed by atoms with van der Waals surface area (Å²) in [6.45, 7) is -0.188. The maximum atomic E-state index is 13.8. The summed E-state index contributed by atoms with van der Waals surface area (Å²) >= 11 is 0. The zero-order valence-electron chi connectivity index (χ0n) is 11.5.